The van der Waals surface area contributed by atoms with Crippen LogP contribution >= 0.6 is 0 Å². The van der Waals surface area contributed by atoms with Crippen molar-refractivity contribution in [3.05, 3.63) is 70.4 Å². The number of carbonyl (C=O) groups excluding carboxylic acids is 1. The maximum Gasteiger partial charge on any atom is 0.270 e. The first-order valence-electron chi connectivity index (χ1n) is 7.43. The van der Waals surface area contributed by atoms with E-state index in [-0.39, 0.29) is 18.3 Å². The Morgan fingerprint density at radius 3 is 2.70 bits per heavy atom. The van der Waals surface area contributed by atoms with Crippen LogP contribution in [0.3, 0.4) is 0 Å². The summed E-state index contributed by atoms with van der Waals surface area (Å²) < 4.78 is 15.2. The third-order valence-electron chi connectivity index (χ3n) is 3.71. The third-order valence-corrected chi connectivity index (χ3v) is 3.71. The van der Waals surface area contributed by atoms with Crippen molar-refractivity contribution in [2.75, 3.05) is 0 Å². The highest BCUT2D eigenvalue weighted by Gasteiger charge is 2.16. The molecule has 0 atom stereocenters. The molecule has 3 rings (SSSR count). The van der Waals surface area contributed by atoms with Crippen LogP contribution in [0.25, 0.3) is 5.65 Å². The zero-order valence-corrected chi connectivity index (χ0v) is 13.4. The number of aryl methyl sites for hydroxylation is 3. The van der Waals surface area contributed by atoms with Gasteiger partial charge in [0.1, 0.15) is 17.2 Å². The maximum absolute atomic E-state index is 13.4. The van der Waals surface area contributed by atoms with Gasteiger partial charge in [0.2, 0.25) is 0 Å². The highest BCUT2D eigenvalue weighted by molar-refractivity contribution is 5.94. The average molecular weight is 311 g/mol. The van der Waals surface area contributed by atoms with Crippen molar-refractivity contribution in [3.8, 4) is 0 Å². The lowest BCUT2D eigenvalue weighted by molar-refractivity contribution is 0.0944. The fourth-order valence-electron chi connectivity index (χ4n) is 2.72. The van der Waals surface area contributed by atoms with Gasteiger partial charge in [-0.2, -0.15) is 0 Å². The van der Waals surface area contributed by atoms with Crippen LogP contribution in [0.4, 0.5) is 4.39 Å². The van der Waals surface area contributed by atoms with Crippen molar-refractivity contribution in [1.82, 2.24) is 14.7 Å². The molecule has 0 unspecified atom stereocenters. The Morgan fingerprint density at radius 2 is 1.96 bits per heavy atom. The molecule has 0 aliphatic heterocycles. The molecule has 5 heteroatoms. The summed E-state index contributed by atoms with van der Waals surface area (Å²) >= 11 is 0. The van der Waals surface area contributed by atoms with E-state index < -0.39 is 0 Å². The van der Waals surface area contributed by atoms with E-state index >= 15 is 0 Å². The number of imidazole rings is 1. The summed E-state index contributed by atoms with van der Waals surface area (Å²) in [5, 5.41) is 2.84. The summed E-state index contributed by atoms with van der Waals surface area (Å²) in [6.07, 6.45) is 1.89. The minimum absolute atomic E-state index is 0.220. The van der Waals surface area contributed by atoms with Gasteiger partial charge in [0, 0.05) is 12.7 Å². The molecule has 23 heavy (non-hydrogen) atoms. The number of hydrogen-bond donors (Lipinski definition) is 1. The van der Waals surface area contributed by atoms with Crippen LogP contribution in [0, 0.1) is 26.6 Å². The summed E-state index contributed by atoms with van der Waals surface area (Å²) in [5.74, 6) is -0.515. The number of carbonyl (C=O) groups is 1. The molecule has 3 aromatic rings. The van der Waals surface area contributed by atoms with Crippen LogP contribution in [0.5, 0.6) is 0 Å². The Bertz CT molecular complexity index is 878. The highest BCUT2D eigenvalue weighted by Crippen LogP contribution is 2.14. The van der Waals surface area contributed by atoms with Crippen LogP contribution in [-0.4, -0.2) is 15.3 Å². The number of amides is 1. The number of benzene rings is 1. The predicted octanol–water partition coefficient (Wildman–Crippen LogP) is 3.33. The quantitative estimate of drug-likeness (QED) is 0.806. The molecule has 0 fully saturated rings. The fraction of sp³-hybridized carbons (Fsp3) is 0.222. The van der Waals surface area contributed by atoms with Crippen molar-refractivity contribution < 1.29 is 9.18 Å². The maximum atomic E-state index is 13.4. The van der Waals surface area contributed by atoms with E-state index in [1.165, 1.54) is 12.1 Å². The van der Waals surface area contributed by atoms with Gasteiger partial charge in [0.15, 0.2) is 0 Å². The van der Waals surface area contributed by atoms with Gasteiger partial charge >= 0.3 is 0 Å². The number of halogens is 1. The average Bonchev–Trinajstić information content (AvgIpc) is 2.79. The summed E-state index contributed by atoms with van der Waals surface area (Å²) in [4.78, 5) is 16.9. The second-order valence-corrected chi connectivity index (χ2v) is 5.80. The largest absolute Gasteiger partial charge is 0.347 e. The number of nitrogens with one attached hydrogen (secondary N) is 1. The van der Waals surface area contributed by atoms with Crippen LogP contribution in [0.2, 0.25) is 0 Å². The lowest BCUT2D eigenvalue weighted by Crippen LogP contribution is -2.25. The van der Waals surface area contributed by atoms with Crippen LogP contribution in [0.15, 0.2) is 36.5 Å². The summed E-state index contributed by atoms with van der Waals surface area (Å²) in [7, 11) is 0. The second kappa shape index (κ2) is 5.83. The Morgan fingerprint density at radius 1 is 1.17 bits per heavy atom. The van der Waals surface area contributed by atoms with Gasteiger partial charge in [-0.05, 0) is 55.7 Å². The molecule has 0 saturated carbocycles. The lowest BCUT2D eigenvalue weighted by atomic mass is 10.1. The van der Waals surface area contributed by atoms with Crippen LogP contribution in [-0.2, 0) is 6.54 Å². The molecule has 0 radical (unpaired) electrons. The minimum atomic E-state index is -0.296. The molecular formula is C18H18FN3O. The molecule has 0 saturated heterocycles. The van der Waals surface area contributed by atoms with E-state index in [9.17, 15) is 9.18 Å². The predicted molar refractivity (Wildman–Crippen MR) is 87.0 cm³/mol. The number of nitrogens with zero attached hydrogens (tertiary/aromatic N) is 2. The van der Waals surface area contributed by atoms with E-state index in [4.69, 9.17) is 0 Å². The van der Waals surface area contributed by atoms with Crippen molar-refractivity contribution in [2.24, 2.45) is 0 Å². The van der Waals surface area contributed by atoms with Gasteiger partial charge in [-0.1, -0.05) is 12.1 Å². The standard InChI is InChI=1S/C18H18FN3O/c1-11-4-5-16-21-13(3)17(22(16)10-11)18(23)20-9-14-6-12(2)7-15(19)8-14/h4-8,10H,9H2,1-3H3,(H,20,23). The van der Waals surface area contributed by atoms with E-state index in [0.29, 0.717) is 11.4 Å². The molecule has 2 heterocycles. The molecule has 1 aromatic carbocycles. The Hall–Kier alpha value is -2.69. The molecular weight excluding hydrogens is 293 g/mol. The first-order chi connectivity index (χ1) is 10.9. The van der Waals surface area contributed by atoms with Crippen molar-refractivity contribution in [2.45, 2.75) is 27.3 Å². The van der Waals surface area contributed by atoms with Gasteiger partial charge in [-0.15, -0.1) is 0 Å². The Kier molecular flexibility index (Phi) is 3.86. The second-order valence-electron chi connectivity index (χ2n) is 5.80. The number of rotatable bonds is 3. The van der Waals surface area contributed by atoms with E-state index in [1.54, 1.807) is 4.40 Å². The smallest absolute Gasteiger partial charge is 0.270 e. The van der Waals surface area contributed by atoms with Gasteiger partial charge < -0.3 is 5.32 Å². The number of aromatic nitrogens is 2. The number of pyridine rings is 1. The molecule has 0 aliphatic rings. The van der Waals surface area contributed by atoms with Crippen molar-refractivity contribution >= 4 is 11.6 Å². The lowest BCUT2D eigenvalue weighted by Gasteiger charge is -2.08. The first kappa shape index (κ1) is 15.2. The first-order valence-corrected chi connectivity index (χ1v) is 7.43. The fourth-order valence-corrected chi connectivity index (χ4v) is 2.72. The summed E-state index contributed by atoms with van der Waals surface area (Å²) in [5.41, 5.74) is 4.53. The van der Waals surface area contributed by atoms with Gasteiger partial charge in [0.05, 0.1) is 5.69 Å². The topological polar surface area (TPSA) is 46.4 Å². The SMILES string of the molecule is Cc1cc(F)cc(CNC(=O)c2c(C)nc3ccc(C)cn23)c1. The summed E-state index contributed by atoms with van der Waals surface area (Å²) in [6, 6.07) is 8.59. The highest BCUT2D eigenvalue weighted by atomic mass is 19.1. The summed E-state index contributed by atoms with van der Waals surface area (Å²) in [6.45, 7) is 5.87. The molecule has 4 nitrogen and oxygen atoms in total. The van der Waals surface area contributed by atoms with E-state index in [1.807, 2.05) is 45.2 Å². The Labute approximate surface area is 134 Å². The number of hydrogen-bond acceptors (Lipinski definition) is 2. The monoisotopic (exact) mass is 311 g/mol. The molecule has 2 aromatic heterocycles. The molecule has 1 N–H and O–H groups in total. The molecule has 0 aliphatic carbocycles. The number of fused-ring (bicyclic) bond motifs is 1. The van der Waals surface area contributed by atoms with Crippen LogP contribution < -0.4 is 5.32 Å². The minimum Gasteiger partial charge on any atom is -0.347 e. The van der Waals surface area contributed by atoms with E-state index in [2.05, 4.69) is 10.3 Å². The van der Waals surface area contributed by atoms with Crippen molar-refractivity contribution in [3.63, 3.8) is 0 Å². The van der Waals surface area contributed by atoms with Gasteiger partial charge in [-0.3, -0.25) is 9.20 Å². The third kappa shape index (κ3) is 3.08. The Balaban J connectivity index is 1.86. The molecule has 0 bridgehead atoms. The van der Waals surface area contributed by atoms with Gasteiger partial charge in [0.25, 0.3) is 5.91 Å². The zero-order valence-electron chi connectivity index (χ0n) is 13.4. The van der Waals surface area contributed by atoms with Gasteiger partial charge in [-0.25, -0.2) is 9.37 Å². The van der Waals surface area contributed by atoms with E-state index in [0.717, 1.165) is 22.3 Å². The molecule has 1 amide bonds. The van der Waals surface area contributed by atoms with Crippen molar-refractivity contribution in [1.29, 1.82) is 0 Å². The zero-order chi connectivity index (χ0) is 16.6. The molecule has 118 valence electrons. The van der Waals surface area contributed by atoms with Crippen LogP contribution in [0.1, 0.15) is 32.9 Å². The molecule has 0 spiro atoms. The normalized spacial score (nSPS) is 11.0.